The summed E-state index contributed by atoms with van der Waals surface area (Å²) < 4.78 is 7.47. The van der Waals surface area contributed by atoms with E-state index in [2.05, 4.69) is 53.6 Å². The lowest BCUT2D eigenvalue weighted by Crippen LogP contribution is -2.24. The molecular formula is C23H26ClN5O. The zero-order valence-corrected chi connectivity index (χ0v) is 18.2. The standard InChI is InChI=1S/C23H25N5O.ClH/c1-4-17-10-12-18(13-11-17)22-20(15-28(26-22)19-8-6-5-7-9-19)23-25-21(27-29-23)14-16(2)24-3;/h5-13,15-16,24H,4,14H2,1-3H3;1H. The highest BCUT2D eigenvalue weighted by atomic mass is 35.5. The molecule has 0 radical (unpaired) electrons. The number of benzene rings is 2. The van der Waals surface area contributed by atoms with Crippen LogP contribution in [0.4, 0.5) is 0 Å². The Bertz CT molecular complexity index is 1070. The molecule has 0 bridgehead atoms. The molecule has 1 unspecified atom stereocenters. The lowest BCUT2D eigenvalue weighted by atomic mass is 10.0. The zero-order valence-electron chi connectivity index (χ0n) is 17.4. The fourth-order valence-corrected chi connectivity index (χ4v) is 3.18. The first-order valence-electron chi connectivity index (χ1n) is 9.92. The van der Waals surface area contributed by atoms with Crippen LogP contribution in [-0.4, -0.2) is 33.0 Å². The molecule has 0 spiro atoms. The lowest BCUT2D eigenvalue weighted by molar-refractivity contribution is 0.418. The van der Waals surface area contributed by atoms with Crippen LogP contribution in [0, 0.1) is 0 Å². The molecule has 0 aliphatic heterocycles. The van der Waals surface area contributed by atoms with Crippen molar-refractivity contribution in [2.24, 2.45) is 0 Å². The maximum Gasteiger partial charge on any atom is 0.261 e. The molecule has 0 saturated carbocycles. The average molecular weight is 424 g/mol. The summed E-state index contributed by atoms with van der Waals surface area (Å²) in [6.07, 6.45) is 3.66. The van der Waals surface area contributed by atoms with Gasteiger partial charge in [-0.1, -0.05) is 54.5 Å². The molecule has 0 aliphatic carbocycles. The highest BCUT2D eigenvalue weighted by Gasteiger charge is 2.20. The number of halogens is 1. The first-order chi connectivity index (χ1) is 14.2. The van der Waals surface area contributed by atoms with Crippen LogP contribution in [0.2, 0.25) is 0 Å². The summed E-state index contributed by atoms with van der Waals surface area (Å²) in [5.74, 6) is 1.17. The van der Waals surface area contributed by atoms with Gasteiger partial charge < -0.3 is 9.84 Å². The summed E-state index contributed by atoms with van der Waals surface area (Å²) >= 11 is 0. The van der Waals surface area contributed by atoms with Crippen molar-refractivity contribution in [1.82, 2.24) is 25.2 Å². The van der Waals surface area contributed by atoms with Gasteiger partial charge >= 0.3 is 0 Å². The summed E-state index contributed by atoms with van der Waals surface area (Å²) in [5.41, 5.74) is 4.95. The van der Waals surface area contributed by atoms with Crippen LogP contribution in [0.1, 0.15) is 25.2 Å². The Kier molecular flexibility index (Phi) is 7.03. The Morgan fingerprint density at radius 2 is 1.80 bits per heavy atom. The van der Waals surface area contributed by atoms with Crippen LogP contribution in [0.3, 0.4) is 0 Å². The fourth-order valence-electron chi connectivity index (χ4n) is 3.18. The van der Waals surface area contributed by atoms with Crippen molar-refractivity contribution in [1.29, 1.82) is 0 Å². The number of hydrogen-bond acceptors (Lipinski definition) is 5. The lowest BCUT2D eigenvalue weighted by Gasteiger charge is -2.04. The van der Waals surface area contributed by atoms with E-state index in [9.17, 15) is 0 Å². The molecule has 4 aromatic rings. The predicted octanol–water partition coefficient (Wildman–Crippen LogP) is 4.72. The Labute approximate surface area is 182 Å². The molecule has 30 heavy (non-hydrogen) atoms. The van der Waals surface area contributed by atoms with Gasteiger partial charge in [0.25, 0.3) is 5.89 Å². The molecule has 2 aromatic carbocycles. The van der Waals surface area contributed by atoms with Crippen molar-refractivity contribution in [3.8, 4) is 28.4 Å². The molecule has 1 atom stereocenters. The van der Waals surface area contributed by atoms with E-state index in [1.165, 1.54) is 5.56 Å². The Morgan fingerprint density at radius 3 is 2.47 bits per heavy atom. The van der Waals surface area contributed by atoms with Crippen molar-refractivity contribution >= 4 is 12.4 Å². The van der Waals surface area contributed by atoms with Gasteiger partial charge in [-0.05, 0) is 38.1 Å². The van der Waals surface area contributed by atoms with E-state index >= 15 is 0 Å². The minimum absolute atomic E-state index is 0. The number of likely N-dealkylation sites (N-methyl/N-ethyl adjacent to an activating group) is 1. The van der Waals surface area contributed by atoms with Crippen molar-refractivity contribution in [2.75, 3.05) is 7.05 Å². The van der Waals surface area contributed by atoms with Gasteiger partial charge in [0.1, 0.15) is 5.69 Å². The highest BCUT2D eigenvalue weighted by Crippen LogP contribution is 2.31. The van der Waals surface area contributed by atoms with Crippen molar-refractivity contribution in [3.63, 3.8) is 0 Å². The maximum atomic E-state index is 5.61. The molecular weight excluding hydrogens is 398 g/mol. The highest BCUT2D eigenvalue weighted by molar-refractivity contribution is 5.85. The summed E-state index contributed by atoms with van der Waals surface area (Å²) in [6, 6.07) is 18.8. The predicted molar refractivity (Wildman–Crippen MR) is 121 cm³/mol. The minimum atomic E-state index is 0. The number of para-hydroxylation sites is 1. The summed E-state index contributed by atoms with van der Waals surface area (Å²) in [6.45, 7) is 4.24. The van der Waals surface area contributed by atoms with Gasteiger partial charge in [-0.25, -0.2) is 4.68 Å². The molecule has 1 N–H and O–H groups in total. The third kappa shape index (κ3) is 4.61. The largest absolute Gasteiger partial charge is 0.334 e. The van der Waals surface area contributed by atoms with E-state index in [0.717, 1.165) is 28.9 Å². The molecule has 156 valence electrons. The SMILES string of the molecule is CCc1ccc(-c2nn(-c3ccccc3)cc2-c2nc(CC(C)NC)no2)cc1.Cl. The van der Waals surface area contributed by atoms with Crippen molar-refractivity contribution in [2.45, 2.75) is 32.7 Å². The molecule has 0 fully saturated rings. The second-order valence-corrected chi connectivity index (χ2v) is 7.13. The summed E-state index contributed by atoms with van der Waals surface area (Å²) in [7, 11) is 1.92. The molecule has 2 aromatic heterocycles. The third-order valence-corrected chi connectivity index (χ3v) is 5.05. The van der Waals surface area contributed by atoms with Gasteiger partial charge in [-0.2, -0.15) is 10.1 Å². The topological polar surface area (TPSA) is 68.8 Å². The number of aryl methyl sites for hydroxylation is 1. The zero-order chi connectivity index (χ0) is 20.2. The van der Waals surface area contributed by atoms with Crippen molar-refractivity contribution in [3.05, 3.63) is 72.2 Å². The Balaban J connectivity index is 0.00000256. The molecule has 0 amide bonds. The molecule has 2 heterocycles. The van der Waals surface area contributed by atoms with Crippen LogP contribution in [0.15, 0.2) is 65.3 Å². The van der Waals surface area contributed by atoms with Gasteiger partial charge in [0.15, 0.2) is 5.82 Å². The van der Waals surface area contributed by atoms with Crippen LogP contribution in [0.5, 0.6) is 0 Å². The van der Waals surface area contributed by atoms with Crippen LogP contribution >= 0.6 is 12.4 Å². The van der Waals surface area contributed by atoms with Gasteiger partial charge in [0, 0.05) is 24.2 Å². The number of rotatable bonds is 7. The first kappa shape index (κ1) is 21.7. The molecule has 7 heteroatoms. The number of nitrogens with one attached hydrogen (secondary N) is 1. The van der Waals surface area contributed by atoms with Crippen molar-refractivity contribution < 1.29 is 4.52 Å². The smallest absolute Gasteiger partial charge is 0.261 e. The van der Waals surface area contributed by atoms with Gasteiger partial charge in [0.2, 0.25) is 0 Å². The van der Waals surface area contributed by atoms with E-state index in [4.69, 9.17) is 9.62 Å². The quantitative estimate of drug-likeness (QED) is 0.465. The minimum Gasteiger partial charge on any atom is -0.334 e. The monoisotopic (exact) mass is 423 g/mol. The number of hydrogen-bond donors (Lipinski definition) is 1. The fraction of sp³-hybridized carbons (Fsp3) is 0.261. The maximum absolute atomic E-state index is 5.61. The molecule has 4 rings (SSSR count). The van der Waals surface area contributed by atoms with Gasteiger partial charge in [-0.3, -0.25) is 0 Å². The third-order valence-electron chi connectivity index (χ3n) is 5.05. The van der Waals surface area contributed by atoms with Gasteiger partial charge in [-0.15, -0.1) is 12.4 Å². The average Bonchev–Trinajstić information content (AvgIpc) is 3.41. The molecule has 6 nitrogen and oxygen atoms in total. The van der Waals surface area contributed by atoms with Crippen LogP contribution < -0.4 is 5.32 Å². The second-order valence-electron chi connectivity index (χ2n) is 7.13. The number of aromatic nitrogens is 4. The Hall–Kier alpha value is -2.96. The second kappa shape index (κ2) is 9.69. The Morgan fingerprint density at radius 1 is 1.07 bits per heavy atom. The summed E-state index contributed by atoms with van der Waals surface area (Å²) in [4.78, 5) is 4.62. The van der Waals surface area contributed by atoms with Gasteiger partial charge in [0.05, 0.1) is 11.3 Å². The van der Waals surface area contributed by atoms with E-state index in [1.807, 2.05) is 48.3 Å². The van der Waals surface area contributed by atoms with E-state index in [-0.39, 0.29) is 18.4 Å². The van der Waals surface area contributed by atoms with E-state index < -0.39 is 0 Å². The normalized spacial score (nSPS) is 11.8. The van der Waals surface area contributed by atoms with E-state index in [1.54, 1.807) is 0 Å². The van der Waals surface area contributed by atoms with Crippen LogP contribution in [-0.2, 0) is 12.8 Å². The molecule has 0 saturated heterocycles. The van der Waals surface area contributed by atoms with E-state index in [0.29, 0.717) is 18.1 Å². The molecule has 0 aliphatic rings. The number of nitrogens with zero attached hydrogens (tertiary/aromatic N) is 4. The first-order valence-corrected chi connectivity index (χ1v) is 9.92. The van der Waals surface area contributed by atoms with Crippen LogP contribution in [0.25, 0.3) is 28.4 Å². The summed E-state index contributed by atoms with van der Waals surface area (Å²) in [5, 5.41) is 12.2.